The molecule has 1 atom stereocenters. The third-order valence-corrected chi connectivity index (χ3v) is 4.16. The Balaban J connectivity index is 1.76. The molecule has 25 heavy (non-hydrogen) atoms. The molecule has 1 N–H and O–H groups in total. The summed E-state index contributed by atoms with van der Waals surface area (Å²) in [5, 5.41) is 3.23. The van der Waals surface area contributed by atoms with E-state index in [-0.39, 0.29) is 18.7 Å². The maximum atomic E-state index is 14.1. The molecule has 2 amide bonds. The van der Waals surface area contributed by atoms with E-state index in [1.54, 1.807) is 30.3 Å². The van der Waals surface area contributed by atoms with Crippen LogP contribution >= 0.6 is 11.6 Å². The fourth-order valence-corrected chi connectivity index (χ4v) is 2.83. The molecule has 2 aromatic carbocycles. The summed E-state index contributed by atoms with van der Waals surface area (Å²) in [5.74, 6) is -0.836. The Morgan fingerprint density at radius 3 is 2.68 bits per heavy atom. The summed E-state index contributed by atoms with van der Waals surface area (Å²) in [6.45, 7) is 0.351. The minimum atomic E-state index is -1.00. The highest BCUT2D eigenvalue weighted by Crippen LogP contribution is 2.26. The van der Waals surface area contributed by atoms with Gasteiger partial charge in [-0.15, -0.1) is 0 Å². The van der Waals surface area contributed by atoms with E-state index in [1.165, 1.54) is 23.1 Å². The number of hydrogen-bond donors (Lipinski definition) is 1. The molecule has 1 heterocycles. The van der Waals surface area contributed by atoms with Gasteiger partial charge in [-0.2, -0.15) is 0 Å². The SMILES string of the molecule is O=C1NCCN(C(=O)COc2ccc(Cl)cc2)C1c1ccccc1F. The molecule has 1 aliphatic rings. The number of carbonyl (C=O) groups excluding carboxylic acids is 2. The average molecular weight is 363 g/mol. The van der Waals surface area contributed by atoms with Gasteiger partial charge in [-0.05, 0) is 30.3 Å². The highest BCUT2D eigenvalue weighted by atomic mass is 35.5. The Kier molecular flexibility index (Phi) is 5.19. The van der Waals surface area contributed by atoms with Crippen LogP contribution in [0.5, 0.6) is 5.75 Å². The van der Waals surface area contributed by atoms with Crippen molar-refractivity contribution in [2.75, 3.05) is 19.7 Å². The van der Waals surface area contributed by atoms with E-state index in [9.17, 15) is 14.0 Å². The molecule has 1 saturated heterocycles. The second-order valence-electron chi connectivity index (χ2n) is 5.54. The van der Waals surface area contributed by atoms with E-state index in [0.29, 0.717) is 17.3 Å². The Bertz CT molecular complexity index is 782. The van der Waals surface area contributed by atoms with Gasteiger partial charge in [0.25, 0.3) is 5.91 Å². The maximum Gasteiger partial charge on any atom is 0.261 e. The average Bonchev–Trinajstić information content (AvgIpc) is 2.61. The summed E-state index contributed by atoms with van der Waals surface area (Å²) >= 11 is 5.80. The minimum absolute atomic E-state index is 0.166. The lowest BCUT2D eigenvalue weighted by Crippen LogP contribution is -2.53. The Hall–Kier alpha value is -2.60. The van der Waals surface area contributed by atoms with Crippen LogP contribution in [-0.4, -0.2) is 36.4 Å². The second-order valence-corrected chi connectivity index (χ2v) is 5.98. The topological polar surface area (TPSA) is 58.6 Å². The van der Waals surface area contributed by atoms with Crippen LogP contribution in [0.15, 0.2) is 48.5 Å². The maximum absolute atomic E-state index is 14.1. The largest absolute Gasteiger partial charge is 0.484 e. The number of nitrogens with one attached hydrogen (secondary N) is 1. The highest BCUT2D eigenvalue weighted by molar-refractivity contribution is 6.30. The Morgan fingerprint density at radius 1 is 1.24 bits per heavy atom. The first-order valence-corrected chi connectivity index (χ1v) is 8.14. The summed E-state index contributed by atoms with van der Waals surface area (Å²) in [6, 6.07) is 11.5. The van der Waals surface area contributed by atoms with Gasteiger partial charge < -0.3 is 15.0 Å². The number of benzene rings is 2. The lowest BCUT2D eigenvalue weighted by molar-refractivity contribution is -0.145. The van der Waals surface area contributed by atoms with Gasteiger partial charge >= 0.3 is 0 Å². The van der Waals surface area contributed by atoms with Crippen molar-refractivity contribution in [2.45, 2.75) is 6.04 Å². The number of hydrogen-bond acceptors (Lipinski definition) is 3. The highest BCUT2D eigenvalue weighted by Gasteiger charge is 2.35. The van der Waals surface area contributed by atoms with E-state index in [4.69, 9.17) is 16.3 Å². The first-order chi connectivity index (χ1) is 12.1. The molecule has 2 aromatic rings. The first kappa shape index (κ1) is 17.2. The Labute approximate surface area is 149 Å². The van der Waals surface area contributed by atoms with Crippen molar-refractivity contribution in [2.24, 2.45) is 0 Å². The van der Waals surface area contributed by atoms with Gasteiger partial charge in [0.05, 0.1) is 0 Å². The second kappa shape index (κ2) is 7.53. The lowest BCUT2D eigenvalue weighted by Gasteiger charge is -2.35. The van der Waals surface area contributed by atoms with Crippen LogP contribution in [-0.2, 0) is 9.59 Å². The molecule has 7 heteroatoms. The van der Waals surface area contributed by atoms with Crippen molar-refractivity contribution in [3.05, 3.63) is 64.9 Å². The van der Waals surface area contributed by atoms with Gasteiger partial charge in [-0.1, -0.05) is 29.8 Å². The summed E-state index contributed by atoms with van der Waals surface area (Å²) in [6.07, 6.45) is 0. The van der Waals surface area contributed by atoms with Crippen LogP contribution in [0.2, 0.25) is 5.02 Å². The summed E-state index contributed by atoms with van der Waals surface area (Å²) in [7, 11) is 0. The molecule has 1 fully saturated rings. The molecule has 0 aromatic heterocycles. The monoisotopic (exact) mass is 362 g/mol. The third kappa shape index (κ3) is 3.91. The number of nitrogens with zero attached hydrogens (tertiary/aromatic N) is 1. The first-order valence-electron chi connectivity index (χ1n) is 7.76. The number of carbonyl (C=O) groups is 2. The van der Waals surface area contributed by atoms with Crippen molar-refractivity contribution in [3.63, 3.8) is 0 Å². The van der Waals surface area contributed by atoms with Crippen LogP contribution in [0.3, 0.4) is 0 Å². The molecule has 0 aliphatic carbocycles. The van der Waals surface area contributed by atoms with Crippen LogP contribution < -0.4 is 10.1 Å². The van der Waals surface area contributed by atoms with Crippen molar-refractivity contribution >= 4 is 23.4 Å². The zero-order chi connectivity index (χ0) is 17.8. The van der Waals surface area contributed by atoms with Crippen LogP contribution in [0.1, 0.15) is 11.6 Å². The van der Waals surface area contributed by atoms with Gasteiger partial charge in [0.1, 0.15) is 17.6 Å². The number of piperazine rings is 1. The predicted octanol–water partition coefficient (Wildman–Crippen LogP) is 2.56. The van der Waals surface area contributed by atoms with Crippen molar-refractivity contribution in [1.29, 1.82) is 0 Å². The van der Waals surface area contributed by atoms with Crippen LogP contribution in [0, 0.1) is 5.82 Å². The van der Waals surface area contributed by atoms with Gasteiger partial charge in [0.15, 0.2) is 6.61 Å². The van der Waals surface area contributed by atoms with E-state index < -0.39 is 23.7 Å². The molecule has 3 rings (SSSR count). The molecule has 0 saturated carbocycles. The van der Waals surface area contributed by atoms with Crippen LogP contribution in [0.25, 0.3) is 0 Å². The molecule has 0 spiro atoms. The predicted molar refractivity (Wildman–Crippen MR) is 90.8 cm³/mol. The standard InChI is InChI=1S/C18H16ClFN2O3/c19-12-5-7-13(8-6-12)25-11-16(23)22-10-9-21-18(24)17(22)14-3-1-2-4-15(14)20/h1-8,17H,9-11H2,(H,21,24). The third-order valence-electron chi connectivity index (χ3n) is 3.91. The summed E-state index contributed by atoms with van der Waals surface area (Å²) in [4.78, 5) is 26.1. The quantitative estimate of drug-likeness (QED) is 0.909. The van der Waals surface area contributed by atoms with Gasteiger partial charge in [-0.25, -0.2) is 4.39 Å². The molecule has 0 bridgehead atoms. The number of amides is 2. The van der Waals surface area contributed by atoms with Crippen molar-refractivity contribution in [1.82, 2.24) is 10.2 Å². The zero-order valence-corrected chi connectivity index (χ0v) is 14.0. The van der Waals surface area contributed by atoms with E-state index in [2.05, 4.69) is 5.32 Å². The number of ether oxygens (including phenoxy) is 1. The summed E-state index contributed by atoms with van der Waals surface area (Å²) in [5.41, 5.74) is 0.166. The van der Waals surface area contributed by atoms with E-state index in [1.807, 2.05) is 0 Å². The normalized spacial score (nSPS) is 17.1. The van der Waals surface area contributed by atoms with Gasteiger partial charge in [0.2, 0.25) is 5.91 Å². The molecular weight excluding hydrogens is 347 g/mol. The molecule has 130 valence electrons. The van der Waals surface area contributed by atoms with Gasteiger partial charge in [0, 0.05) is 23.7 Å². The fraction of sp³-hybridized carbons (Fsp3) is 0.222. The van der Waals surface area contributed by atoms with E-state index >= 15 is 0 Å². The molecule has 0 radical (unpaired) electrons. The van der Waals surface area contributed by atoms with Crippen LogP contribution in [0.4, 0.5) is 4.39 Å². The van der Waals surface area contributed by atoms with Crippen molar-refractivity contribution < 1.29 is 18.7 Å². The lowest BCUT2D eigenvalue weighted by atomic mass is 10.0. The summed E-state index contributed by atoms with van der Waals surface area (Å²) < 4.78 is 19.6. The van der Waals surface area contributed by atoms with Crippen molar-refractivity contribution in [3.8, 4) is 5.75 Å². The molecule has 1 unspecified atom stereocenters. The minimum Gasteiger partial charge on any atom is -0.484 e. The Morgan fingerprint density at radius 2 is 1.96 bits per heavy atom. The molecular formula is C18H16ClFN2O3. The smallest absolute Gasteiger partial charge is 0.261 e. The fourth-order valence-electron chi connectivity index (χ4n) is 2.70. The zero-order valence-electron chi connectivity index (χ0n) is 13.2. The van der Waals surface area contributed by atoms with E-state index in [0.717, 1.165) is 0 Å². The molecule has 1 aliphatic heterocycles. The molecule has 5 nitrogen and oxygen atoms in total. The van der Waals surface area contributed by atoms with Gasteiger partial charge in [-0.3, -0.25) is 9.59 Å². The number of halogens is 2. The number of rotatable bonds is 4.